The average Bonchev–Trinajstić information content (AvgIpc) is 2.95. The van der Waals surface area contributed by atoms with Gasteiger partial charge in [-0.15, -0.1) is 0 Å². The molecule has 0 saturated carbocycles. The Balaban J connectivity index is 1.80. The molecule has 100 valence electrons. The van der Waals surface area contributed by atoms with E-state index in [1.165, 1.54) is 5.56 Å². The highest BCUT2D eigenvalue weighted by atomic mass is 16.1. The summed E-state index contributed by atoms with van der Waals surface area (Å²) in [5.74, 6) is -0.121. The number of amides is 1. The molecule has 4 nitrogen and oxygen atoms in total. The third-order valence-corrected chi connectivity index (χ3v) is 3.27. The number of carbonyl (C=O) groups is 1. The number of aromatic nitrogens is 2. The molecule has 0 unspecified atom stereocenters. The van der Waals surface area contributed by atoms with Crippen LogP contribution < -0.4 is 5.32 Å². The van der Waals surface area contributed by atoms with Gasteiger partial charge in [0.05, 0.1) is 5.56 Å². The molecule has 20 heavy (non-hydrogen) atoms. The Labute approximate surface area is 117 Å². The zero-order valence-corrected chi connectivity index (χ0v) is 11.2. The quantitative estimate of drug-likeness (QED) is 0.790. The fourth-order valence-corrected chi connectivity index (χ4v) is 2.08. The molecule has 0 bridgehead atoms. The van der Waals surface area contributed by atoms with Crippen LogP contribution in [0.5, 0.6) is 0 Å². The van der Waals surface area contributed by atoms with Crippen molar-refractivity contribution in [1.29, 1.82) is 0 Å². The summed E-state index contributed by atoms with van der Waals surface area (Å²) in [4.78, 5) is 16.3. The summed E-state index contributed by atoms with van der Waals surface area (Å²) < 4.78 is 1.83. The van der Waals surface area contributed by atoms with Crippen molar-refractivity contribution in [3.8, 4) is 0 Å². The van der Waals surface area contributed by atoms with Crippen LogP contribution in [0.2, 0.25) is 0 Å². The maximum Gasteiger partial charge on any atom is 0.257 e. The van der Waals surface area contributed by atoms with Crippen molar-refractivity contribution in [3.63, 3.8) is 0 Å². The van der Waals surface area contributed by atoms with Crippen LogP contribution in [0.4, 0.5) is 5.69 Å². The highest BCUT2D eigenvalue weighted by Crippen LogP contribution is 2.12. The molecule has 4 heteroatoms. The standard InChI is InChI=1S/C16H15N3O/c1-2-12-3-6-14(7-4-12)18-16(20)13-5-8-15-17-9-10-19(15)11-13/h3-11H,2H2,1H3,(H,18,20). The number of benzene rings is 1. The number of carbonyl (C=O) groups excluding carboxylic acids is 1. The monoisotopic (exact) mass is 265 g/mol. The van der Waals surface area contributed by atoms with Crippen LogP contribution in [-0.4, -0.2) is 15.3 Å². The highest BCUT2D eigenvalue weighted by Gasteiger charge is 2.07. The molecule has 0 fully saturated rings. The van der Waals surface area contributed by atoms with Crippen LogP contribution in [0.25, 0.3) is 5.65 Å². The molecule has 2 aromatic heterocycles. The molecule has 0 aliphatic rings. The summed E-state index contributed by atoms with van der Waals surface area (Å²) in [6, 6.07) is 11.5. The van der Waals surface area contributed by atoms with Gasteiger partial charge in [0.2, 0.25) is 0 Å². The molecule has 1 N–H and O–H groups in total. The van der Waals surface area contributed by atoms with Gasteiger partial charge in [-0.3, -0.25) is 4.79 Å². The normalized spacial score (nSPS) is 10.7. The summed E-state index contributed by atoms with van der Waals surface area (Å²) >= 11 is 0. The number of imidazole rings is 1. The maximum atomic E-state index is 12.2. The molecule has 3 rings (SSSR count). The summed E-state index contributed by atoms with van der Waals surface area (Å²) in [6.07, 6.45) is 6.30. The first-order valence-corrected chi connectivity index (χ1v) is 6.59. The van der Waals surface area contributed by atoms with Gasteiger partial charge >= 0.3 is 0 Å². The predicted octanol–water partition coefficient (Wildman–Crippen LogP) is 3.15. The molecule has 0 radical (unpaired) electrons. The second kappa shape index (κ2) is 5.17. The van der Waals surface area contributed by atoms with E-state index >= 15 is 0 Å². The molecule has 0 aliphatic carbocycles. The van der Waals surface area contributed by atoms with Crippen molar-refractivity contribution >= 4 is 17.2 Å². The minimum Gasteiger partial charge on any atom is -0.322 e. The first-order chi connectivity index (χ1) is 9.76. The van der Waals surface area contributed by atoms with Gasteiger partial charge in [0, 0.05) is 24.3 Å². The highest BCUT2D eigenvalue weighted by molar-refractivity contribution is 6.04. The van der Waals surface area contributed by atoms with Crippen LogP contribution >= 0.6 is 0 Å². The fraction of sp³-hybridized carbons (Fsp3) is 0.125. The number of anilines is 1. The molecule has 2 heterocycles. The van der Waals surface area contributed by atoms with E-state index < -0.39 is 0 Å². The van der Waals surface area contributed by atoms with Gasteiger partial charge in [-0.05, 0) is 36.2 Å². The maximum absolute atomic E-state index is 12.2. The third kappa shape index (κ3) is 2.40. The van der Waals surface area contributed by atoms with E-state index in [4.69, 9.17) is 0 Å². The molecular weight excluding hydrogens is 250 g/mol. The number of aryl methyl sites for hydroxylation is 1. The second-order valence-electron chi connectivity index (χ2n) is 4.62. The molecule has 1 aromatic carbocycles. The zero-order chi connectivity index (χ0) is 13.9. The van der Waals surface area contributed by atoms with Gasteiger partial charge in [-0.2, -0.15) is 0 Å². The Morgan fingerprint density at radius 3 is 2.75 bits per heavy atom. The number of rotatable bonds is 3. The summed E-state index contributed by atoms with van der Waals surface area (Å²) in [6.45, 7) is 2.11. The molecule has 3 aromatic rings. The zero-order valence-electron chi connectivity index (χ0n) is 11.2. The summed E-state index contributed by atoms with van der Waals surface area (Å²) in [5.41, 5.74) is 3.49. The van der Waals surface area contributed by atoms with Gasteiger partial charge < -0.3 is 9.72 Å². The van der Waals surface area contributed by atoms with Crippen molar-refractivity contribution < 1.29 is 4.79 Å². The Kier molecular flexibility index (Phi) is 3.21. The molecule has 0 saturated heterocycles. The average molecular weight is 265 g/mol. The van der Waals surface area contributed by atoms with E-state index in [2.05, 4.69) is 17.2 Å². The van der Waals surface area contributed by atoms with E-state index in [0.29, 0.717) is 5.56 Å². The number of hydrogen-bond donors (Lipinski definition) is 1. The molecule has 1 amide bonds. The van der Waals surface area contributed by atoms with Gasteiger partial charge in [-0.25, -0.2) is 4.98 Å². The van der Waals surface area contributed by atoms with Crippen LogP contribution in [0.15, 0.2) is 55.0 Å². The summed E-state index contributed by atoms with van der Waals surface area (Å²) in [5, 5.41) is 2.89. The molecule has 0 aliphatic heterocycles. The van der Waals surface area contributed by atoms with Crippen molar-refractivity contribution in [2.75, 3.05) is 5.32 Å². The minimum atomic E-state index is -0.121. The topological polar surface area (TPSA) is 46.4 Å². The largest absolute Gasteiger partial charge is 0.322 e. The lowest BCUT2D eigenvalue weighted by Crippen LogP contribution is -2.12. The van der Waals surface area contributed by atoms with Crippen molar-refractivity contribution in [1.82, 2.24) is 9.38 Å². The predicted molar refractivity (Wildman–Crippen MR) is 79.0 cm³/mol. The Bertz CT molecular complexity index is 744. The van der Waals surface area contributed by atoms with Crippen LogP contribution in [0.1, 0.15) is 22.8 Å². The lowest BCUT2D eigenvalue weighted by molar-refractivity contribution is 0.102. The van der Waals surface area contributed by atoms with E-state index in [-0.39, 0.29) is 5.91 Å². The van der Waals surface area contributed by atoms with E-state index in [1.807, 2.05) is 40.9 Å². The number of fused-ring (bicyclic) bond motifs is 1. The lowest BCUT2D eigenvalue weighted by atomic mass is 10.1. The second-order valence-corrected chi connectivity index (χ2v) is 4.62. The number of nitrogens with one attached hydrogen (secondary N) is 1. The minimum absolute atomic E-state index is 0.121. The number of pyridine rings is 1. The van der Waals surface area contributed by atoms with E-state index in [9.17, 15) is 4.79 Å². The van der Waals surface area contributed by atoms with Crippen molar-refractivity contribution in [2.24, 2.45) is 0 Å². The van der Waals surface area contributed by atoms with Gasteiger partial charge in [0.25, 0.3) is 5.91 Å². The smallest absolute Gasteiger partial charge is 0.257 e. The molecule has 0 atom stereocenters. The Hall–Kier alpha value is -2.62. The summed E-state index contributed by atoms with van der Waals surface area (Å²) in [7, 11) is 0. The molecule has 0 spiro atoms. The number of hydrogen-bond acceptors (Lipinski definition) is 2. The van der Waals surface area contributed by atoms with Crippen LogP contribution in [0, 0.1) is 0 Å². The SMILES string of the molecule is CCc1ccc(NC(=O)c2ccc3nccn3c2)cc1. The Morgan fingerprint density at radius 2 is 2.00 bits per heavy atom. The van der Waals surface area contributed by atoms with E-state index in [0.717, 1.165) is 17.8 Å². The first kappa shape index (κ1) is 12.4. The Morgan fingerprint density at radius 1 is 1.20 bits per heavy atom. The fourth-order valence-electron chi connectivity index (χ4n) is 2.08. The van der Waals surface area contributed by atoms with Gasteiger partial charge in [0.1, 0.15) is 5.65 Å². The number of nitrogens with zero attached hydrogens (tertiary/aromatic N) is 2. The van der Waals surface area contributed by atoms with Gasteiger partial charge in [-0.1, -0.05) is 19.1 Å². The lowest BCUT2D eigenvalue weighted by Gasteiger charge is -2.06. The first-order valence-electron chi connectivity index (χ1n) is 6.59. The third-order valence-electron chi connectivity index (χ3n) is 3.27. The van der Waals surface area contributed by atoms with E-state index in [1.54, 1.807) is 18.5 Å². The van der Waals surface area contributed by atoms with Crippen LogP contribution in [-0.2, 0) is 6.42 Å². The van der Waals surface area contributed by atoms with Crippen molar-refractivity contribution in [2.45, 2.75) is 13.3 Å². The van der Waals surface area contributed by atoms with Gasteiger partial charge in [0.15, 0.2) is 0 Å². The molecular formula is C16H15N3O. The van der Waals surface area contributed by atoms with Crippen molar-refractivity contribution in [3.05, 3.63) is 66.1 Å². The van der Waals surface area contributed by atoms with Crippen LogP contribution in [0.3, 0.4) is 0 Å².